The van der Waals surface area contributed by atoms with Gasteiger partial charge in [0.25, 0.3) is 0 Å². The Kier molecular flexibility index (Phi) is 2.32. The molecule has 0 saturated heterocycles. The second kappa shape index (κ2) is 3.05. The van der Waals surface area contributed by atoms with E-state index in [0.717, 1.165) is 5.84 Å². The molecule has 0 bridgehead atoms. The Bertz CT molecular complexity index is 174. The van der Waals surface area contributed by atoms with Gasteiger partial charge in [0, 0.05) is 13.0 Å². The summed E-state index contributed by atoms with van der Waals surface area (Å²) in [5.41, 5.74) is 0. The number of hydrogen-bond acceptors (Lipinski definition) is 4. The highest BCUT2D eigenvalue weighted by Gasteiger charge is 2.07. The summed E-state index contributed by atoms with van der Waals surface area (Å²) in [5.74, 6) is 1.35. The molecule has 0 aromatic carbocycles. The van der Waals surface area contributed by atoms with Crippen molar-refractivity contribution in [3.63, 3.8) is 0 Å². The second-order valence-corrected chi connectivity index (χ2v) is 3.40. The first kappa shape index (κ1) is 7.60. The van der Waals surface area contributed by atoms with E-state index in [1.54, 1.807) is 6.34 Å². The van der Waals surface area contributed by atoms with Crippen molar-refractivity contribution in [3.8, 4) is 0 Å². The van der Waals surface area contributed by atoms with Gasteiger partial charge in [-0.3, -0.25) is 4.31 Å². The Morgan fingerprint density at radius 3 is 2.70 bits per heavy atom. The van der Waals surface area contributed by atoms with Crippen molar-refractivity contribution in [1.29, 1.82) is 0 Å². The molecular formula is C6H11N3S. The lowest BCUT2D eigenvalue weighted by Gasteiger charge is -2.14. The van der Waals surface area contributed by atoms with Gasteiger partial charge < -0.3 is 0 Å². The molecule has 0 spiro atoms. The lowest BCUT2D eigenvalue weighted by molar-refractivity contribution is 0.838. The van der Waals surface area contributed by atoms with E-state index in [1.165, 1.54) is 12.1 Å². The van der Waals surface area contributed by atoms with Crippen LogP contribution in [0.1, 0.15) is 13.8 Å². The van der Waals surface area contributed by atoms with Gasteiger partial charge in [-0.25, -0.2) is 4.99 Å². The monoisotopic (exact) mass is 157 g/mol. The van der Waals surface area contributed by atoms with Crippen LogP contribution >= 0.6 is 12.1 Å². The SMILES string of the molecule is CC(C)C1=NSN(C)C=N1. The van der Waals surface area contributed by atoms with Crippen molar-refractivity contribution in [2.75, 3.05) is 7.05 Å². The van der Waals surface area contributed by atoms with Crippen LogP contribution in [0.4, 0.5) is 0 Å². The standard InChI is InChI=1S/C6H11N3S/c1-5(2)6-7-4-9(3)10-8-6/h4-5H,1-3H3. The van der Waals surface area contributed by atoms with E-state index in [-0.39, 0.29) is 0 Å². The van der Waals surface area contributed by atoms with Crippen molar-refractivity contribution in [3.05, 3.63) is 0 Å². The quantitative estimate of drug-likeness (QED) is 0.540. The van der Waals surface area contributed by atoms with Crippen LogP contribution < -0.4 is 0 Å². The molecule has 1 rings (SSSR count). The fourth-order valence-electron chi connectivity index (χ4n) is 0.546. The van der Waals surface area contributed by atoms with E-state index in [1.807, 2.05) is 11.4 Å². The van der Waals surface area contributed by atoms with Gasteiger partial charge in [0.2, 0.25) is 0 Å². The van der Waals surface area contributed by atoms with E-state index >= 15 is 0 Å². The van der Waals surface area contributed by atoms with Crippen molar-refractivity contribution in [2.45, 2.75) is 13.8 Å². The first-order valence-corrected chi connectivity index (χ1v) is 3.95. The lowest BCUT2D eigenvalue weighted by Crippen LogP contribution is -2.14. The Balaban J connectivity index is 2.59. The van der Waals surface area contributed by atoms with Crippen molar-refractivity contribution >= 4 is 24.3 Å². The van der Waals surface area contributed by atoms with Crippen LogP contribution in [0, 0.1) is 5.92 Å². The summed E-state index contributed by atoms with van der Waals surface area (Å²) in [7, 11) is 1.93. The van der Waals surface area contributed by atoms with E-state index < -0.39 is 0 Å². The highest BCUT2D eigenvalue weighted by Crippen LogP contribution is 2.14. The van der Waals surface area contributed by atoms with Gasteiger partial charge in [-0.15, -0.1) is 0 Å². The van der Waals surface area contributed by atoms with Gasteiger partial charge in [-0.05, 0) is 0 Å². The summed E-state index contributed by atoms with van der Waals surface area (Å²) in [4.78, 5) is 4.14. The summed E-state index contributed by atoms with van der Waals surface area (Å²) in [6.07, 6.45) is 1.78. The molecule has 1 heterocycles. The molecule has 1 aliphatic heterocycles. The smallest absolute Gasteiger partial charge is 0.142 e. The van der Waals surface area contributed by atoms with Crippen molar-refractivity contribution < 1.29 is 0 Å². The maximum atomic E-state index is 4.17. The van der Waals surface area contributed by atoms with Crippen molar-refractivity contribution in [1.82, 2.24) is 4.31 Å². The predicted molar refractivity (Wildman–Crippen MR) is 46.1 cm³/mol. The van der Waals surface area contributed by atoms with E-state index in [0.29, 0.717) is 5.92 Å². The number of aliphatic imine (C=N–C) groups is 1. The fraction of sp³-hybridized carbons (Fsp3) is 0.667. The van der Waals surface area contributed by atoms with E-state index in [2.05, 4.69) is 23.2 Å². The number of hydrogen-bond donors (Lipinski definition) is 0. The molecule has 0 aromatic rings. The lowest BCUT2D eigenvalue weighted by atomic mass is 10.2. The minimum atomic E-state index is 0.428. The molecule has 0 amide bonds. The summed E-state index contributed by atoms with van der Waals surface area (Å²) < 4.78 is 6.04. The highest BCUT2D eigenvalue weighted by atomic mass is 32.2. The predicted octanol–water partition coefficient (Wildman–Crippen LogP) is 1.58. The number of amidine groups is 1. The van der Waals surface area contributed by atoms with Gasteiger partial charge >= 0.3 is 0 Å². The molecule has 0 saturated carbocycles. The first-order valence-electron chi connectivity index (χ1n) is 3.22. The van der Waals surface area contributed by atoms with Crippen LogP contribution in [0.25, 0.3) is 0 Å². The van der Waals surface area contributed by atoms with E-state index in [9.17, 15) is 0 Å². The molecule has 0 fully saturated rings. The topological polar surface area (TPSA) is 28.0 Å². The Morgan fingerprint density at radius 2 is 2.30 bits per heavy atom. The maximum absolute atomic E-state index is 4.17. The average Bonchev–Trinajstić information content (AvgIpc) is 1.88. The molecule has 0 aliphatic carbocycles. The summed E-state index contributed by atoms with van der Waals surface area (Å²) in [6, 6.07) is 0. The van der Waals surface area contributed by atoms with Crippen LogP contribution in [0.3, 0.4) is 0 Å². The van der Waals surface area contributed by atoms with E-state index in [4.69, 9.17) is 0 Å². The Morgan fingerprint density at radius 1 is 1.60 bits per heavy atom. The zero-order valence-electron chi connectivity index (χ0n) is 6.40. The molecule has 0 N–H and O–H groups in total. The molecule has 0 unspecified atom stereocenters. The third kappa shape index (κ3) is 1.73. The molecule has 0 atom stereocenters. The molecule has 0 radical (unpaired) electrons. The number of nitrogens with zero attached hydrogens (tertiary/aromatic N) is 3. The van der Waals surface area contributed by atoms with Gasteiger partial charge in [0.1, 0.15) is 12.2 Å². The van der Waals surface area contributed by atoms with Gasteiger partial charge in [-0.1, -0.05) is 13.8 Å². The fourth-order valence-corrected chi connectivity index (χ4v) is 1.11. The summed E-state index contributed by atoms with van der Waals surface area (Å²) in [6.45, 7) is 4.17. The maximum Gasteiger partial charge on any atom is 0.142 e. The normalized spacial score (nSPS) is 18.0. The third-order valence-corrected chi connectivity index (χ3v) is 1.75. The zero-order chi connectivity index (χ0) is 7.56. The molecule has 0 aromatic heterocycles. The second-order valence-electron chi connectivity index (χ2n) is 2.48. The van der Waals surface area contributed by atoms with Gasteiger partial charge in [0.15, 0.2) is 0 Å². The van der Waals surface area contributed by atoms with Gasteiger partial charge in [-0.2, -0.15) is 4.40 Å². The van der Waals surface area contributed by atoms with Crippen LogP contribution in [0.2, 0.25) is 0 Å². The first-order chi connectivity index (χ1) is 4.70. The zero-order valence-corrected chi connectivity index (χ0v) is 7.22. The van der Waals surface area contributed by atoms with Crippen LogP contribution in [-0.4, -0.2) is 23.5 Å². The summed E-state index contributed by atoms with van der Waals surface area (Å²) in [5, 5.41) is 0. The molecule has 1 aliphatic rings. The minimum Gasteiger partial charge on any atom is -0.290 e. The highest BCUT2D eigenvalue weighted by molar-refractivity contribution is 7.96. The van der Waals surface area contributed by atoms with Crippen LogP contribution in [0.15, 0.2) is 9.39 Å². The molecular weight excluding hydrogens is 146 g/mol. The van der Waals surface area contributed by atoms with Gasteiger partial charge in [0.05, 0.1) is 12.1 Å². The molecule has 56 valence electrons. The molecule has 4 heteroatoms. The van der Waals surface area contributed by atoms with Crippen LogP contribution in [0.5, 0.6) is 0 Å². The largest absolute Gasteiger partial charge is 0.290 e. The Hall–Kier alpha value is -0.510. The summed E-state index contributed by atoms with van der Waals surface area (Å²) >= 11 is 1.43. The number of rotatable bonds is 1. The molecule has 10 heavy (non-hydrogen) atoms. The molecule has 3 nitrogen and oxygen atoms in total. The minimum absolute atomic E-state index is 0.428. The van der Waals surface area contributed by atoms with Crippen LogP contribution in [-0.2, 0) is 0 Å². The average molecular weight is 157 g/mol. The van der Waals surface area contributed by atoms with Crippen molar-refractivity contribution in [2.24, 2.45) is 15.3 Å². The Labute approximate surface area is 65.5 Å². The third-order valence-electron chi connectivity index (χ3n) is 1.13.